The second kappa shape index (κ2) is 8.76. The minimum Gasteiger partial charge on any atom is -0.491 e. The Morgan fingerprint density at radius 2 is 2.11 bits per heavy atom. The molecule has 0 radical (unpaired) electrons. The highest BCUT2D eigenvalue weighted by Crippen LogP contribution is 2.29. The molecule has 0 aliphatic heterocycles. The van der Waals surface area contributed by atoms with Crippen molar-refractivity contribution in [2.45, 2.75) is 51.7 Å². The summed E-state index contributed by atoms with van der Waals surface area (Å²) in [5.74, 6) is 0.317. The molecule has 1 aliphatic rings. The summed E-state index contributed by atoms with van der Waals surface area (Å²) in [6.07, 6.45) is 4.35. The second-order valence-corrected chi connectivity index (χ2v) is 7.27. The van der Waals surface area contributed by atoms with Gasteiger partial charge in [0.15, 0.2) is 0 Å². The van der Waals surface area contributed by atoms with E-state index in [1.54, 1.807) is 6.92 Å². The second-order valence-electron chi connectivity index (χ2n) is 7.27. The maximum absolute atomic E-state index is 12.4. The normalized spacial score (nSPS) is 16.0. The standard InChI is InChI=1S/C21H30N2O4/c1-4-26-21(25)20-14(2)23(3)19-10-9-17(11-18(19)20)27-13-16(24)12-22-15-7-5-6-8-15/h9-11,15-16,22,24H,4-8,12-13H2,1-3H3. The number of carbonyl (C=O) groups is 1. The Morgan fingerprint density at radius 3 is 2.81 bits per heavy atom. The zero-order chi connectivity index (χ0) is 19.4. The van der Waals surface area contributed by atoms with E-state index in [9.17, 15) is 9.90 Å². The van der Waals surface area contributed by atoms with Crippen molar-refractivity contribution in [1.82, 2.24) is 9.88 Å². The number of esters is 1. The van der Waals surface area contributed by atoms with E-state index in [1.807, 2.05) is 36.7 Å². The van der Waals surface area contributed by atoms with E-state index in [1.165, 1.54) is 25.7 Å². The molecule has 0 spiro atoms. The zero-order valence-electron chi connectivity index (χ0n) is 16.5. The zero-order valence-corrected chi connectivity index (χ0v) is 16.5. The van der Waals surface area contributed by atoms with E-state index in [0.717, 1.165) is 16.6 Å². The van der Waals surface area contributed by atoms with E-state index in [4.69, 9.17) is 9.47 Å². The van der Waals surface area contributed by atoms with E-state index in [0.29, 0.717) is 30.5 Å². The summed E-state index contributed by atoms with van der Waals surface area (Å²) in [5, 5.41) is 14.4. The molecule has 2 aromatic rings. The minimum absolute atomic E-state index is 0.214. The van der Waals surface area contributed by atoms with Gasteiger partial charge in [0.1, 0.15) is 18.5 Å². The van der Waals surface area contributed by atoms with Crippen LogP contribution < -0.4 is 10.1 Å². The van der Waals surface area contributed by atoms with Gasteiger partial charge in [-0.15, -0.1) is 0 Å². The molecule has 0 saturated heterocycles. The van der Waals surface area contributed by atoms with Crippen molar-refractivity contribution in [3.8, 4) is 5.75 Å². The molecule has 1 aromatic heterocycles. The average molecular weight is 374 g/mol. The highest BCUT2D eigenvalue weighted by molar-refractivity contribution is 6.06. The van der Waals surface area contributed by atoms with Crippen molar-refractivity contribution in [3.05, 3.63) is 29.5 Å². The number of nitrogens with one attached hydrogen (secondary N) is 1. The lowest BCUT2D eigenvalue weighted by atomic mass is 10.1. The van der Waals surface area contributed by atoms with Gasteiger partial charge in [-0.3, -0.25) is 0 Å². The quantitative estimate of drug-likeness (QED) is 0.695. The van der Waals surface area contributed by atoms with Gasteiger partial charge in [0.05, 0.1) is 12.2 Å². The Hall–Kier alpha value is -2.05. The molecule has 3 rings (SSSR count). The number of carbonyl (C=O) groups excluding carboxylic acids is 1. The molecular formula is C21H30N2O4. The monoisotopic (exact) mass is 374 g/mol. The van der Waals surface area contributed by atoms with Crippen LogP contribution in [0.3, 0.4) is 0 Å². The largest absolute Gasteiger partial charge is 0.491 e. The third-order valence-electron chi connectivity index (χ3n) is 5.38. The molecule has 6 heteroatoms. The Labute approximate surface area is 160 Å². The van der Waals surface area contributed by atoms with Gasteiger partial charge in [0, 0.05) is 36.2 Å². The van der Waals surface area contributed by atoms with Gasteiger partial charge in [-0.25, -0.2) is 4.79 Å². The van der Waals surface area contributed by atoms with Gasteiger partial charge in [-0.1, -0.05) is 12.8 Å². The highest BCUT2D eigenvalue weighted by Gasteiger charge is 2.20. The smallest absolute Gasteiger partial charge is 0.340 e. The number of aliphatic hydroxyl groups excluding tert-OH is 1. The number of benzene rings is 1. The van der Waals surface area contributed by atoms with Crippen LogP contribution in [0.4, 0.5) is 0 Å². The topological polar surface area (TPSA) is 72.7 Å². The van der Waals surface area contributed by atoms with Crippen molar-refractivity contribution in [2.75, 3.05) is 19.8 Å². The molecular weight excluding hydrogens is 344 g/mol. The number of hydrogen-bond donors (Lipinski definition) is 2. The van der Waals surface area contributed by atoms with Gasteiger partial charge in [0.2, 0.25) is 0 Å². The van der Waals surface area contributed by atoms with Crippen LogP contribution in [-0.4, -0.2) is 47.5 Å². The summed E-state index contributed by atoms with van der Waals surface area (Å²) in [6, 6.07) is 6.18. The first-order valence-electron chi connectivity index (χ1n) is 9.81. The Kier molecular flexibility index (Phi) is 6.39. The number of aliphatic hydroxyl groups is 1. The number of rotatable bonds is 8. The van der Waals surface area contributed by atoms with Crippen LogP contribution in [0.2, 0.25) is 0 Å². The molecule has 148 valence electrons. The van der Waals surface area contributed by atoms with Crippen LogP contribution in [0, 0.1) is 6.92 Å². The molecule has 6 nitrogen and oxygen atoms in total. The molecule has 0 bridgehead atoms. The van der Waals surface area contributed by atoms with Crippen molar-refractivity contribution < 1.29 is 19.4 Å². The summed E-state index contributed by atoms with van der Waals surface area (Å²) in [5.41, 5.74) is 2.39. The number of aryl methyl sites for hydroxylation is 1. The highest BCUT2D eigenvalue weighted by atomic mass is 16.5. The fourth-order valence-electron chi connectivity index (χ4n) is 3.79. The number of nitrogens with zero attached hydrogens (tertiary/aromatic N) is 1. The van der Waals surface area contributed by atoms with Crippen LogP contribution in [0.5, 0.6) is 5.75 Å². The van der Waals surface area contributed by atoms with Gasteiger partial charge in [-0.05, 0) is 44.9 Å². The van der Waals surface area contributed by atoms with Crippen LogP contribution in [-0.2, 0) is 11.8 Å². The van der Waals surface area contributed by atoms with E-state index in [-0.39, 0.29) is 12.6 Å². The number of ether oxygens (including phenoxy) is 2. The molecule has 1 saturated carbocycles. The van der Waals surface area contributed by atoms with Crippen molar-refractivity contribution >= 4 is 16.9 Å². The molecule has 1 aromatic carbocycles. The predicted octanol–water partition coefficient (Wildman–Crippen LogP) is 2.94. The molecule has 0 amide bonds. The molecule has 1 fully saturated rings. The van der Waals surface area contributed by atoms with Gasteiger partial charge < -0.3 is 24.5 Å². The lowest BCUT2D eigenvalue weighted by Gasteiger charge is -2.16. The summed E-state index contributed by atoms with van der Waals surface area (Å²) < 4.78 is 13.0. The fourth-order valence-corrected chi connectivity index (χ4v) is 3.79. The Morgan fingerprint density at radius 1 is 1.37 bits per heavy atom. The Balaban J connectivity index is 1.68. The van der Waals surface area contributed by atoms with Crippen LogP contribution in [0.1, 0.15) is 48.7 Å². The summed E-state index contributed by atoms with van der Waals surface area (Å²) in [6.45, 7) is 4.79. The van der Waals surface area contributed by atoms with Gasteiger partial charge >= 0.3 is 5.97 Å². The maximum Gasteiger partial charge on any atom is 0.340 e. The molecule has 1 atom stereocenters. The molecule has 2 N–H and O–H groups in total. The van der Waals surface area contributed by atoms with E-state index < -0.39 is 6.10 Å². The maximum atomic E-state index is 12.4. The van der Waals surface area contributed by atoms with Crippen LogP contribution in [0.15, 0.2) is 18.2 Å². The predicted molar refractivity (Wildman–Crippen MR) is 105 cm³/mol. The first-order chi connectivity index (χ1) is 13.0. The molecule has 1 heterocycles. The number of fused-ring (bicyclic) bond motifs is 1. The first-order valence-corrected chi connectivity index (χ1v) is 9.81. The van der Waals surface area contributed by atoms with Crippen LogP contribution >= 0.6 is 0 Å². The minimum atomic E-state index is -0.566. The number of hydrogen-bond acceptors (Lipinski definition) is 5. The molecule has 1 aliphatic carbocycles. The van der Waals surface area contributed by atoms with Crippen molar-refractivity contribution in [1.29, 1.82) is 0 Å². The summed E-state index contributed by atoms with van der Waals surface area (Å²) >= 11 is 0. The van der Waals surface area contributed by atoms with E-state index in [2.05, 4.69) is 5.32 Å². The average Bonchev–Trinajstić information content (AvgIpc) is 3.26. The molecule has 27 heavy (non-hydrogen) atoms. The van der Waals surface area contributed by atoms with Crippen molar-refractivity contribution in [3.63, 3.8) is 0 Å². The summed E-state index contributed by atoms with van der Waals surface area (Å²) in [4.78, 5) is 12.4. The lowest BCUT2D eigenvalue weighted by molar-refractivity contribution is 0.0527. The number of aromatic nitrogens is 1. The van der Waals surface area contributed by atoms with Crippen molar-refractivity contribution in [2.24, 2.45) is 7.05 Å². The Bertz CT molecular complexity index is 793. The third kappa shape index (κ3) is 4.45. The molecule has 1 unspecified atom stereocenters. The van der Waals surface area contributed by atoms with Gasteiger partial charge in [0.25, 0.3) is 0 Å². The van der Waals surface area contributed by atoms with Gasteiger partial charge in [-0.2, -0.15) is 0 Å². The lowest BCUT2D eigenvalue weighted by Crippen LogP contribution is -2.36. The fraction of sp³-hybridized carbons (Fsp3) is 0.571. The third-order valence-corrected chi connectivity index (χ3v) is 5.38. The summed E-state index contributed by atoms with van der Waals surface area (Å²) in [7, 11) is 1.93. The SMILES string of the molecule is CCOC(=O)c1c(C)n(C)c2ccc(OCC(O)CNC3CCCC3)cc12. The van der Waals surface area contributed by atoms with Crippen LogP contribution in [0.25, 0.3) is 10.9 Å². The van der Waals surface area contributed by atoms with E-state index >= 15 is 0 Å². The first kappa shape index (κ1) is 19.7.